The van der Waals surface area contributed by atoms with Gasteiger partial charge in [0.1, 0.15) is 0 Å². The van der Waals surface area contributed by atoms with Crippen molar-refractivity contribution >= 4 is 21.6 Å². The molecule has 1 heterocycles. The molecule has 4 nitrogen and oxygen atoms in total. The smallest absolute Gasteiger partial charge is 0.258 e. The Hall–Kier alpha value is -1.75. The van der Waals surface area contributed by atoms with Gasteiger partial charge in [-0.2, -0.15) is 0 Å². The van der Waals surface area contributed by atoms with Crippen molar-refractivity contribution in [3.63, 3.8) is 0 Å². The minimum absolute atomic E-state index is 0.0510. The van der Waals surface area contributed by atoms with Gasteiger partial charge in [0, 0.05) is 28.4 Å². The van der Waals surface area contributed by atoms with Crippen LogP contribution in [-0.2, 0) is 0 Å². The van der Waals surface area contributed by atoms with Crippen LogP contribution in [-0.4, -0.2) is 9.91 Å². The summed E-state index contributed by atoms with van der Waals surface area (Å²) in [5, 5.41) is 10.7. The molecule has 0 bridgehead atoms. The topological polar surface area (TPSA) is 56.0 Å². The van der Waals surface area contributed by atoms with Gasteiger partial charge in [-0.25, -0.2) is 0 Å². The highest BCUT2D eigenvalue weighted by molar-refractivity contribution is 9.10. The van der Waals surface area contributed by atoms with E-state index < -0.39 is 4.92 Å². The van der Waals surface area contributed by atoms with Gasteiger partial charge in [0.25, 0.3) is 5.69 Å². The molecule has 2 aromatic rings. The first-order valence-electron chi connectivity index (χ1n) is 4.53. The molecule has 1 aromatic heterocycles. The molecule has 0 aliphatic heterocycles. The molecule has 0 N–H and O–H groups in total. The summed E-state index contributed by atoms with van der Waals surface area (Å²) in [6.07, 6.45) is 1.65. The van der Waals surface area contributed by atoms with Crippen LogP contribution in [0.2, 0.25) is 0 Å². The van der Waals surface area contributed by atoms with Crippen LogP contribution in [0.4, 0.5) is 5.69 Å². The summed E-state index contributed by atoms with van der Waals surface area (Å²) in [5.41, 5.74) is 1.49. The Balaban J connectivity index is 2.54. The predicted molar refractivity (Wildman–Crippen MR) is 64.0 cm³/mol. The largest absolute Gasteiger partial charge is 0.271 e. The molecule has 2 rings (SSSR count). The molecule has 5 heteroatoms. The van der Waals surface area contributed by atoms with Crippen LogP contribution in [0.25, 0.3) is 11.3 Å². The standard InChI is InChI=1S/C11H7BrN2O2/c12-9-5-8(6-10(7-9)14(15)16)11-3-1-2-4-13-11/h1-7H. The van der Waals surface area contributed by atoms with Gasteiger partial charge in [-0.1, -0.05) is 22.0 Å². The highest BCUT2D eigenvalue weighted by Gasteiger charge is 2.10. The number of hydrogen-bond donors (Lipinski definition) is 0. The molecule has 0 unspecified atom stereocenters. The van der Waals surface area contributed by atoms with Crippen molar-refractivity contribution in [3.8, 4) is 11.3 Å². The number of pyridine rings is 1. The van der Waals surface area contributed by atoms with Gasteiger partial charge in [0.2, 0.25) is 0 Å². The van der Waals surface area contributed by atoms with E-state index in [1.807, 2.05) is 12.1 Å². The highest BCUT2D eigenvalue weighted by Crippen LogP contribution is 2.27. The molecule has 0 aliphatic rings. The minimum atomic E-state index is -0.419. The van der Waals surface area contributed by atoms with Crippen molar-refractivity contribution in [3.05, 3.63) is 57.2 Å². The van der Waals surface area contributed by atoms with Crippen LogP contribution in [0, 0.1) is 10.1 Å². The van der Waals surface area contributed by atoms with Crippen molar-refractivity contribution in [2.75, 3.05) is 0 Å². The molecule has 0 aliphatic carbocycles. The third kappa shape index (κ3) is 2.25. The highest BCUT2D eigenvalue weighted by atomic mass is 79.9. The zero-order chi connectivity index (χ0) is 11.5. The van der Waals surface area contributed by atoms with E-state index in [4.69, 9.17) is 0 Å². The zero-order valence-electron chi connectivity index (χ0n) is 8.13. The summed E-state index contributed by atoms with van der Waals surface area (Å²) in [4.78, 5) is 14.4. The van der Waals surface area contributed by atoms with Crippen molar-refractivity contribution in [1.29, 1.82) is 0 Å². The minimum Gasteiger partial charge on any atom is -0.258 e. The summed E-state index contributed by atoms with van der Waals surface area (Å²) >= 11 is 3.25. The number of rotatable bonds is 2. The van der Waals surface area contributed by atoms with Crippen LogP contribution >= 0.6 is 15.9 Å². The van der Waals surface area contributed by atoms with Crippen molar-refractivity contribution < 1.29 is 4.92 Å². The third-order valence-electron chi connectivity index (χ3n) is 2.05. The lowest BCUT2D eigenvalue weighted by Crippen LogP contribution is -1.89. The number of halogens is 1. The Morgan fingerprint density at radius 1 is 1.25 bits per heavy atom. The maximum absolute atomic E-state index is 10.7. The number of nitro benzene ring substituents is 1. The van der Waals surface area contributed by atoms with E-state index in [1.54, 1.807) is 18.3 Å². The summed E-state index contributed by atoms with van der Waals surface area (Å²) in [5.74, 6) is 0. The molecular weight excluding hydrogens is 272 g/mol. The molecule has 0 radical (unpaired) electrons. The first kappa shape index (κ1) is 10.8. The van der Waals surface area contributed by atoms with E-state index in [1.165, 1.54) is 12.1 Å². The van der Waals surface area contributed by atoms with Crippen molar-refractivity contribution in [2.45, 2.75) is 0 Å². The second kappa shape index (κ2) is 4.40. The summed E-state index contributed by atoms with van der Waals surface area (Å²) in [6, 6.07) is 10.2. The molecule has 0 amide bonds. The molecular formula is C11H7BrN2O2. The van der Waals surface area contributed by atoms with Gasteiger partial charge in [0.15, 0.2) is 0 Å². The Morgan fingerprint density at radius 3 is 2.69 bits per heavy atom. The van der Waals surface area contributed by atoms with E-state index in [9.17, 15) is 10.1 Å². The Kier molecular flexibility index (Phi) is 2.96. The Morgan fingerprint density at radius 2 is 2.06 bits per heavy atom. The fraction of sp³-hybridized carbons (Fsp3) is 0. The molecule has 16 heavy (non-hydrogen) atoms. The van der Waals surface area contributed by atoms with Crippen molar-refractivity contribution in [1.82, 2.24) is 4.98 Å². The van der Waals surface area contributed by atoms with Crippen LogP contribution < -0.4 is 0 Å². The lowest BCUT2D eigenvalue weighted by molar-refractivity contribution is -0.384. The number of nitro groups is 1. The average Bonchev–Trinajstić information content (AvgIpc) is 2.29. The lowest BCUT2D eigenvalue weighted by atomic mass is 10.1. The molecule has 80 valence electrons. The number of benzene rings is 1. The molecule has 1 aromatic carbocycles. The SMILES string of the molecule is O=[N+]([O-])c1cc(Br)cc(-c2ccccn2)c1. The van der Waals surface area contributed by atoms with E-state index >= 15 is 0 Å². The van der Waals surface area contributed by atoms with E-state index in [2.05, 4.69) is 20.9 Å². The van der Waals surface area contributed by atoms with Crippen LogP contribution in [0.5, 0.6) is 0 Å². The van der Waals surface area contributed by atoms with Crippen molar-refractivity contribution in [2.24, 2.45) is 0 Å². The van der Waals surface area contributed by atoms with Gasteiger partial charge in [0.05, 0.1) is 10.6 Å². The third-order valence-corrected chi connectivity index (χ3v) is 2.51. The second-order valence-corrected chi connectivity index (χ2v) is 4.09. The number of hydrogen-bond acceptors (Lipinski definition) is 3. The molecule has 0 atom stereocenters. The predicted octanol–water partition coefficient (Wildman–Crippen LogP) is 3.42. The molecule has 0 saturated heterocycles. The van der Waals surface area contributed by atoms with E-state index in [0.717, 1.165) is 5.56 Å². The van der Waals surface area contributed by atoms with Gasteiger partial charge in [-0.15, -0.1) is 0 Å². The zero-order valence-corrected chi connectivity index (χ0v) is 9.72. The summed E-state index contributed by atoms with van der Waals surface area (Å²) < 4.78 is 0.669. The number of aromatic nitrogens is 1. The first-order valence-corrected chi connectivity index (χ1v) is 5.32. The lowest BCUT2D eigenvalue weighted by Gasteiger charge is -2.01. The Bertz CT molecular complexity index is 529. The summed E-state index contributed by atoms with van der Waals surface area (Å²) in [7, 11) is 0. The number of non-ortho nitro benzene ring substituents is 1. The molecule has 0 saturated carbocycles. The molecule has 0 spiro atoms. The fourth-order valence-electron chi connectivity index (χ4n) is 1.36. The van der Waals surface area contributed by atoms with Gasteiger partial charge in [-0.3, -0.25) is 15.1 Å². The van der Waals surface area contributed by atoms with Crippen LogP contribution in [0.3, 0.4) is 0 Å². The summed E-state index contributed by atoms with van der Waals surface area (Å²) in [6.45, 7) is 0. The van der Waals surface area contributed by atoms with Crippen LogP contribution in [0.1, 0.15) is 0 Å². The first-order chi connectivity index (χ1) is 7.66. The quantitative estimate of drug-likeness (QED) is 0.625. The van der Waals surface area contributed by atoms with Gasteiger partial charge < -0.3 is 0 Å². The maximum Gasteiger partial charge on any atom is 0.271 e. The normalized spacial score (nSPS) is 10.1. The van der Waals surface area contributed by atoms with E-state index in [0.29, 0.717) is 10.2 Å². The second-order valence-electron chi connectivity index (χ2n) is 3.17. The van der Waals surface area contributed by atoms with Crippen LogP contribution in [0.15, 0.2) is 47.1 Å². The maximum atomic E-state index is 10.7. The fourth-order valence-corrected chi connectivity index (χ4v) is 1.84. The number of nitrogens with zero attached hydrogens (tertiary/aromatic N) is 2. The van der Waals surface area contributed by atoms with Gasteiger partial charge in [-0.05, 0) is 18.2 Å². The van der Waals surface area contributed by atoms with Gasteiger partial charge >= 0.3 is 0 Å². The molecule has 0 fully saturated rings. The average molecular weight is 279 g/mol. The Labute approximate surface area is 100 Å². The monoisotopic (exact) mass is 278 g/mol. The van der Waals surface area contributed by atoms with E-state index in [-0.39, 0.29) is 5.69 Å².